The normalized spacial score (nSPS) is 10.5. The van der Waals surface area contributed by atoms with Crippen LogP contribution in [0.5, 0.6) is 0 Å². The number of unbranched alkanes of at least 4 members (excludes halogenated alkanes) is 3. The van der Waals surface area contributed by atoms with E-state index < -0.39 is 5.97 Å². The van der Waals surface area contributed by atoms with E-state index in [2.05, 4.69) is 41.1 Å². The highest BCUT2D eigenvalue weighted by Gasteiger charge is 2.08. The molecule has 2 rings (SSSR count). The van der Waals surface area contributed by atoms with Crippen LogP contribution in [0.25, 0.3) is 0 Å². The summed E-state index contributed by atoms with van der Waals surface area (Å²) in [5.41, 5.74) is 10.9. The van der Waals surface area contributed by atoms with Gasteiger partial charge in [0.15, 0.2) is 0 Å². The first-order valence-corrected chi connectivity index (χ1v) is 11.6. The highest BCUT2D eigenvalue weighted by Crippen LogP contribution is 2.12. The van der Waals surface area contributed by atoms with E-state index in [1.165, 1.54) is 11.1 Å². The highest BCUT2D eigenvalue weighted by atomic mass is 16.7. The zero-order valence-electron chi connectivity index (χ0n) is 19.2. The molecule has 0 aliphatic carbocycles. The van der Waals surface area contributed by atoms with E-state index in [1.807, 2.05) is 24.3 Å². The predicted octanol–water partition coefficient (Wildman–Crippen LogP) is 3.00. The molecule has 0 saturated heterocycles. The molecule has 0 heterocycles. The molecule has 2 aromatic carbocycles. The van der Waals surface area contributed by atoms with E-state index in [9.17, 15) is 14.4 Å². The maximum atomic E-state index is 12.1. The van der Waals surface area contributed by atoms with Crippen LogP contribution in [0.2, 0.25) is 0 Å². The number of nitrogens with two attached hydrogens (primary N) is 1. The summed E-state index contributed by atoms with van der Waals surface area (Å²) in [5, 5.41) is 2.67. The minimum Gasteiger partial charge on any atom is -0.355 e. The van der Waals surface area contributed by atoms with Crippen molar-refractivity contribution >= 4 is 17.8 Å². The molecule has 0 aromatic heterocycles. The van der Waals surface area contributed by atoms with Gasteiger partial charge in [0.1, 0.15) is 0 Å². The number of hydroxylamine groups is 1. The molecule has 0 radical (unpaired) electrons. The average Bonchev–Trinajstić information content (AvgIpc) is 2.83. The Balaban J connectivity index is 1.58. The van der Waals surface area contributed by atoms with Crippen LogP contribution in [-0.2, 0) is 38.5 Å². The van der Waals surface area contributed by atoms with E-state index in [0.717, 1.165) is 44.1 Å². The summed E-state index contributed by atoms with van der Waals surface area (Å²) >= 11 is 0. The molecule has 0 atom stereocenters. The smallest absolute Gasteiger partial charge is 0.332 e. The molecule has 0 unspecified atom stereocenters. The first kappa shape index (κ1) is 26.1. The number of nitrogens with one attached hydrogen (secondary N) is 2. The standard InChI is InChI=1S/C26H35N3O4/c27-20-25(31)28-17-8-2-5-16-26(32)33-29-24(30)19-23-15-9-14-22(18-23)13-7-6-12-21-10-3-1-4-11-21/h1,3-4,9-11,14-15,18H,2,5-8,12-13,16-17,19-20,27H2,(H,28,31)(H,29,30). The summed E-state index contributed by atoms with van der Waals surface area (Å²) in [7, 11) is 0. The van der Waals surface area contributed by atoms with Crippen molar-refractivity contribution in [3.63, 3.8) is 0 Å². The van der Waals surface area contributed by atoms with Gasteiger partial charge in [0.25, 0.3) is 5.91 Å². The van der Waals surface area contributed by atoms with E-state index in [0.29, 0.717) is 13.0 Å². The molecule has 0 fully saturated rings. The summed E-state index contributed by atoms with van der Waals surface area (Å²) in [6.07, 6.45) is 6.76. The van der Waals surface area contributed by atoms with Crippen molar-refractivity contribution < 1.29 is 19.2 Å². The predicted molar refractivity (Wildman–Crippen MR) is 128 cm³/mol. The van der Waals surface area contributed by atoms with Gasteiger partial charge >= 0.3 is 5.97 Å². The third-order valence-electron chi connectivity index (χ3n) is 5.22. The monoisotopic (exact) mass is 453 g/mol. The Kier molecular flexibility index (Phi) is 12.3. The van der Waals surface area contributed by atoms with Gasteiger partial charge in [-0.15, -0.1) is 0 Å². The molecule has 33 heavy (non-hydrogen) atoms. The molecule has 0 bridgehead atoms. The largest absolute Gasteiger partial charge is 0.355 e. The van der Waals surface area contributed by atoms with Crippen LogP contribution in [0.15, 0.2) is 54.6 Å². The minimum atomic E-state index is -0.471. The van der Waals surface area contributed by atoms with Crippen molar-refractivity contribution in [2.75, 3.05) is 13.1 Å². The maximum absolute atomic E-state index is 12.1. The molecule has 0 spiro atoms. The molecule has 4 N–H and O–H groups in total. The quantitative estimate of drug-likeness (QED) is 0.301. The van der Waals surface area contributed by atoms with Gasteiger partial charge < -0.3 is 15.9 Å². The molecule has 0 saturated carbocycles. The van der Waals surface area contributed by atoms with Crippen LogP contribution in [-0.4, -0.2) is 30.9 Å². The summed E-state index contributed by atoms with van der Waals surface area (Å²) in [4.78, 5) is 39.8. The Morgan fingerprint density at radius 2 is 1.45 bits per heavy atom. The first-order valence-electron chi connectivity index (χ1n) is 11.6. The van der Waals surface area contributed by atoms with Crippen molar-refractivity contribution in [1.29, 1.82) is 0 Å². The number of benzene rings is 2. The van der Waals surface area contributed by atoms with Crippen LogP contribution in [0, 0.1) is 0 Å². The van der Waals surface area contributed by atoms with Crippen molar-refractivity contribution in [1.82, 2.24) is 10.8 Å². The summed E-state index contributed by atoms with van der Waals surface area (Å²) in [6.45, 7) is 0.513. The van der Waals surface area contributed by atoms with E-state index in [4.69, 9.17) is 10.6 Å². The summed E-state index contributed by atoms with van der Waals surface area (Å²) in [5.74, 6) is -1.01. The van der Waals surface area contributed by atoms with Gasteiger partial charge in [-0.25, -0.2) is 4.79 Å². The first-order chi connectivity index (χ1) is 16.1. The highest BCUT2D eigenvalue weighted by molar-refractivity contribution is 5.80. The fourth-order valence-corrected chi connectivity index (χ4v) is 3.46. The van der Waals surface area contributed by atoms with Gasteiger partial charge in [-0.05, 0) is 55.2 Å². The van der Waals surface area contributed by atoms with Crippen LogP contribution < -0.4 is 16.5 Å². The Morgan fingerprint density at radius 1 is 0.758 bits per heavy atom. The van der Waals surface area contributed by atoms with Crippen molar-refractivity contribution in [3.05, 3.63) is 71.3 Å². The number of rotatable bonds is 14. The zero-order chi connectivity index (χ0) is 23.7. The van der Waals surface area contributed by atoms with Crippen molar-refractivity contribution in [3.8, 4) is 0 Å². The third-order valence-corrected chi connectivity index (χ3v) is 5.22. The van der Waals surface area contributed by atoms with Gasteiger partial charge in [0.2, 0.25) is 5.91 Å². The van der Waals surface area contributed by atoms with Crippen molar-refractivity contribution in [2.45, 2.75) is 57.8 Å². The zero-order valence-corrected chi connectivity index (χ0v) is 19.2. The Labute approximate surface area is 196 Å². The number of amides is 2. The third kappa shape index (κ3) is 11.8. The molecule has 178 valence electrons. The topological polar surface area (TPSA) is 111 Å². The van der Waals surface area contributed by atoms with Gasteiger partial charge in [-0.2, -0.15) is 5.48 Å². The molecular weight excluding hydrogens is 418 g/mol. The molecule has 7 heteroatoms. The Hall–Kier alpha value is -3.19. The number of carbonyl (C=O) groups excluding carboxylic acids is 3. The molecule has 2 aromatic rings. The molecule has 7 nitrogen and oxygen atoms in total. The number of hydrogen-bond donors (Lipinski definition) is 3. The van der Waals surface area contributed by atoms with Crippen LogP contribution >= 0.6 is 0 Å². The summed E-state index contributed by atoms with van der Waals surface area (Å²) in [6, 6.07) is 18.4. The van der Waals surface area contributed by atoms with Crippen LogP contribution in [0.4, 0.5) is 0 Å². The van der Waals surface area contributed by atoms with Gasteiger partial charge in [-0.1, -0.05) is 61.0 Å². The van der Waals surface area contributed by atoms with Crippen molar-refractivity contribution in [2.24, 2.45) is 5.73 Å². The number of aryl methyl sites for hydroxylation is 2. The van der Waals surface area contributed by atoms with Gasteiger partial charge in [-0.3, -0.25) is 9.59 Å². The van der Waals surface area contributed by atoms with Gasteiger partial charge in [0, 0.05) is 13.0 Å². The fourth-order valence-electron chi connectivity index (χ4n) is 3.46. The SMILES string of the molecule is NCC(=O)NCCCCCC(=O)ONC(=O)Cc1cccc(CCCCc2ccccc2)c1. The lowest BCUT2D eigenvalue weighted by Crippen LogP contribution is -2.30. The van der Waals surface area contributed by atoms with E-state index >= 15 is 0 Å². The molecule has 0 aliphatic heterocycles. The Bertz CT molecular complexity index is 871. The van der Waals surface area contributed by atoms with E-state index in [1.54, 1.807) is 0 Å². The fraction of sp³-hybridized carbons (Fsp3) is 0.423. The van der Waals surface area contributed by atoms with Crippen LogP contribution in [0.1, 0.15) is 55.2 Å². The average molecular weight is 454 g/mol. The van der Waals surface area contributed by atoms with Gasteiger partial charge in [0.05, 0.1) is 13.0 Å². The minimum absolute atomic E-state index is 0.0227. The number of carbonyl (C=O) groups is 3. The Morgan fingerprint density at radius 3 is 2.21 bits per heavy atom. The lowest BCUT2D eigenvalue weighted by molar-refractivity contribution is -0.158. The number of hydrogen-bond acceptors (Lipinski definition) is 5. The maximum Gasteiger partial charge on any atom is 0.332 e. The lowest BCUT2D eigenvalue weighted by Gasteiger charge is -2.08. The second kappa shape index (κ2) is 15.6. The molecule has 2 amide bonds. The molecule has 0 aliphatic rings. The second-order valence-electron chi connectivity index (χ2n) is 8.05. The lowest BCUT2D eigenvalue weighted by atomic mass is 10.0. The molecular formula is C26H35N3O4. The second-order valence-corrected chi connectivity index (χ2v) is 8.05. The van der Waals surface area contributed by atoms with E-state index in [-0.39, 0.29) is 31.2 Å². The summed E-state index contributed by atoms with van der Waals surface area (Å²) < 4.78 is 0. The van der Waals surface area contributed by atoms with Crippen LogP contribution in [0.3, 0.4) is 0 Å².